The van der Waals surface area contributed by atoms with E-state index < -0.39 is 0 Å². The highest BCUT2D eigenvalue weighted by Crippen LogP contribution is 2.18. The number of thiophene rings is 1. The Hall–Kier alpha value is -0.420. The Balaban J connectivity index is 2.35. The Morgan fingerprint density at radius 3 is 2.53 bits per heavy atom. The first-order chi connectivity index (χ1) is 7.95. The van der Waals surface area contributed by atoms with Crippen molar-refractivity contribution in [1.29, 1.82) is 0 Å². The maximum absolute atomic E-state index is 5.79. The van der Waals surface area contributed by atoms with Crippen LogP contribution in [0.1, 0.15) is 23.6 Å². The molecule has 0 fully saturated rings. The predicted molar refractivity (Wildman–Crippen MR) is 74.5 cm³/mol. The zero-order valence-corrected chi connectivity index (χ0v) is 12.4. The van der Waals surface area contributed by atoms with Crippen LogP contribution >= 0.6 is 11.3 Å². The molecule has 0 aliphatic rings. The van der Waals surface area contributed by atoms with E-state index in [2.05, 4.69) is 50.3 Å². The van der Waals surface area contributed by atoms with Crippen molar-refractivity contribution in [2.75, 3.05) is 27.7 Å². The molecule has 1 N–H and O–H groups in total. The fraction of sp³-hybridized carbons (Fsp3) is 0.692. The first kappa shape index (κ1) is 14.6. The minimum atomic E-state index is 0.0884. The maximum atomic E-state index is 5.79. The third-order valence-electron chi connectivity index (χ3n) is 2.98. The largest absolute Gasteiger partial charge is 0.374 e. The van der Waals surface area contributed by atoms with Gasteiger partial charge in [-0.05, 0) is 47.1 Å². The molecule has 0 aliphatic heterocycles. The van der Waals surface area contributed by atoms with Crippen molar-refractivity contribution in [3.63, 3.8) is 0 Å². The summed E-state index contributed by atoms with van der Waals surface area (Å²) in [7, 11) is 6.13. The molecule has 0 radical (unpaired) electrons. The van der Waals surface area contributed by atoms with Gasteiger partial charge in [0, 0.05) is 21.8 Å². The molecule has 0 unspecified atom stereocenters. The van der Waals surface area contributed by atoms with Crippen molar-refractivity contribution < 1.29 is 4.74 Å². The molecule has 1 rings (SSSR count). The average molecular weight is 256 g/mol. The summed E-state index contributed by atoms with van der Waals surface area (Å²) in [5, 5.41) is 3.16. The van der Waals surface area contributed by atoms with Gasteiger partial charge in [-0.15, -0.1) is 11.3 Å². The zero-order valence-electron chi connectivity index (χ0n) is 11.5. The molecular weight excluding hydrogens is 232 g/mol. The molecule has 98 valence electrons. The Morgan fingerprint density at radius 1 is 1.29 bits per heavy atom. The molecule has 0 amide bonds. The molecule has 0 aromatic carbocycles. The lowest BCUT2D eigenvalue weighted by atomic mass is 10.1. The van der Waals surface area contributed by atoms with Crippen LogP contribution in [0.5, 0.6) is 0 Å². The lowest BCUT2D eigenvalue weighted by Crippen LogP contribution is -2.42. The minimum absolute atomic E-state index is 0.0884. The van der Waals surface area contributed by atoms with Crippen LogP contribution in [-0.2, 0) is 17.9 Å². The van der Waals surface area contributed by atoms with Crippen molar-refractivity contribution in [3.8, 4) is 0 Å². The second-order valence-corrected chi connectivity index (χ2v) is 6.35. The first-order valence-corrected chi connectivity index (χ1v) is 6.75. The lowest BCUT2D eigenvalue weighted by Gasteiger charge is -2.32. The van der Waals surface area contributed by atoms with Crippen LogP contribution in [0.25, 0.3) is 0 Å². The third-order valence-corrected chi connectivity index (χ3v) is 4.04. The monoisotopic (exact) mass is 256 g/mol. The molecule has 4 heteroatoms. The Kier molecular flexibility index (Phi) is 5.59. The molecule has 0 atom stereocenters. The number of ether oxygens (including phenoxy) is 1. The summed E-state index contributed by atoms with van der Waals surface area (Å²) in [5.41, 5.74) is 0.0884. The zero-order chi connectivity index (χ0) is 12.9. The van der Waals surface area contributed by atoms with Gasteiger partial charge in [-0.25, -0.2) is 0 Å². The van der Waals surface area contributed by atoms with Crippen LogP contribution in [-0.4, -0.2) is 38.2 Å². The quantitative estimate of drug-likeness (QED) is 0.810. The molecule has 3 nitrogen and oxygen atoms in total. The van der Waals surface area contributed by atoms with Crippen LogP contribution in [0.15, 0.2) is 12.1 Å². The van der Waals surface area contributed by atoms with E-state index >= 15 is 0 Å². The van der Waals surface area contributed by atoms with E-state index in [0.29, 0.717) is 6.61 Å². The maximum Gasteiger partial charge on any atom is 0.0810 e. The van der Waals surface area contributed by atoms with Gasteiger partial charge in [-0.3, -0.25) is 0 Å². The molecule has 0 saturated carbocycles. The van der Waals surface area contributed by atoms with Gasteiger partial charge in [0.1, 0.15) is 0 Å². The molecule has 1 heterocycles. The van der Waals surface area contributed by atoms with Gasteiger partial charge < -0.3 is 15.0 Å². The molecule has 17 heavy (non-hydrogen) atoms. The number of nitrogens with one attached hydrogen (secondary N) is 1. The van der Waals surface area contributed by atoms with Crippen LogP contribution in [0.3, 0.4) is 0 Å². The SMILES string of the molecule is CNCc1ccc(COCC(C)(C)N(C)C)s1. The smallest absolute Gasteiger partial charge is 0.0810 e. The Morgan fingerprint density at radius 2 is 1.94 bits per heavy atom. The van der Waals surface area contributed by atoms with Crippen molar-refractivity contribution >= 4 is 11.3 Å². The van der Waals surface area contributed by atoms with Gasteiger partial charge in [0.25, 0.3) is 0 Å². The van der Waals surface area contributed by atoms with Gasteiger partial charge in [0.2, 0.25) is 0 Å². The second kappa shape index (κ2) is 6.50. The highest BCUT2D eigenvalue weighted by atomic mass is 32.1. The molecular formula is C13H24N2OS. The topological polar surface area (TPSA) is 24.5 Å². The Labute approximate surface area is 109 Å². The standard InChI is InChI=1S/C13H24N2OS/c1-13(2,15(4)5)10-16-9-12-7-6-11(17-12)8-14-3/h6-7,14H,8-10H2,1-5H3. The number of rotatable bonds is 7. The third kappa shape index (κ3) is 4.76. The molecule has 0 bridgehead atoms. The normalized spacial score (nSPS) is 12.4. The van der Waals surface area contributed by atoms with E-state index in [0.717, 1.165) is 13.2 Å². The van der Waals surface area contributed by atoms with Crippen molar-refractivity contribution in [1.82, 2.24) is 10.2 Å². The van der Waals surface area contributed by atoms with Gasteiger partial charge in [-0.2, -0.15) is 0 Å². The van der Waals surface area contributed by atoms with Crippen molar-refractivity contribution in [3.05, 3.63) is 21.9 Å². The highest BCUT2D eigenvalue weighted by Gasteiger charge is 2.20. The lowest BCUT2D eigenvalue weighted by molar-refractivity contribution is 0.0285. The average Bonchev–Trinajstić information content (AvgIpc) is 2.66. The minimum Gasteiger partial charge on any atom is -0.374 e. The summed E-state index contributed by atoms with van der Waals surface area (Å²) in [4.78, 5) is 4.84. The fourth-order valence-corrected chi connectivity index (χ4v) is 2.27. The van der Waals surface area contributed by atoms with Crippen LogP contribution in [0.2, 0.25) is 0 Å². The van der Waals surface area contributed by atoms with Gasteiger partial charge in [-0.1, -0.05) is 0 Å². The highest BCUT2D eigenvalue weighted by molar-refractivity contribution is 7.11. The molecule has 0 spiro atoms. The van der Waals surface area contributed by atoms with Crippen LogP contribution in [0.4, 0.5) is 0 Å². The molecule has 0 saturated heterocycles. The summed E-state index contributed by atoms with van der Waals surface area (Å²) in [6.07, 6.45) is 0. The summed E-state index contributed by atoms with van der Waals surface area (Å²) < 4.78 is 5.79. The number of hydrogen-bond donors (Lipinski definition) is 1. The second-order valence-electron chi connectivity index (χ2n) is 5.10. The summed E-state index contributed by atoms with van der Waals surface area (Å²) in [6.45, 7) is 6.78. The van der Waals surface area contributed by atoms with Gasteiger partial charge >= 0.3 is 0 Å². The predicted octanol–water partition coefficient (Wildman–Crippen LogP) is 2.32. The van der Waals surface area contributed by atoms with E-state index in [4.69, 9.17) is 4.74 Å². The fourth-order valence-electron chi connectivity index (χ4n) is 1.30. The van der Waals surface area contributed by atoms with Crippen LogP contribution < -0.4 is 5.32 Å². The van der Waals surface area contributed by atoms with Crippen molar-refractivity contribution in [2.24, 2.45) is 0 Å². The summed E-state index contributed by atoms with van der Waals surface area (Å²) in [6, 6.07) is 4.32. The summed E-state index contributed by atoms with van der Waals surface area (Å²) >= 11 is 1.82. The molecule has 1 aromatic rings. The number of nitrogens with zero attached hydrogens (tertiary/aromatic N) is 1. The van der Waals surface area contributed by atoms with E-state index in [9.17, 15) is 0 Å². The first-order valence-electron chi connectivity index (χ1n) is 5.93. The van der Waals surface area contributed by atoms with E-state index in [-0.39, 0.29) is 5.54 Å². The Bertz CT molecular complexity index is 334. The van der Waals surface area contributed by atoms with E-state index in [1.807, 2.05) is 18.4 Å². The van der Waals surface area contributed by atoms with Crippen LogP contribution in [0, 0.1) is 0 Å². The molecule has 1 aromatic heterocycles. The summed E-state index contributed by atoms with van der Waals surface area (Å²) in [5.74, 6) is 0. The van der Waals surface area contributed by atoms with E-state index in [1.165, 1.54) is 9.75 Å². The number of likely N-dealkylation sites (N-methyl/N-ethyl adjacent to an activating group) is 1. The molecule has 0 aliphatic carbocycles. The van der Waals surface area contributed by atoms with Gasteiger partial charge in [0.15, 0.2) is 0 Å². The van der Waals surface area contributed by atoms with Crippen molar-refractivity contribution in [2.45, 2.75) is 32.5 Å². The van der Waals surface area contributed by atoms with Gasteiger partial charge in [0.05, 0.1) is 13.2 Å². The van der Waals surface area contributed by atoms with E-state index in [1.54, 1.807) is 0 Å². The number of hydrogen-bond acceptors (Lipinski definition) is 4.